The Bertz CT molecular complexity index is 2020. The van der Waals surface area contributed by atoms with Crippen LogP contribution in [0.1, 0.15) is 87.6 Å². The fourth-order valence-electron chi connectivity index (χ4n) is 8.17. The second kappa shape index (κ2) is 12.1. The van der Waals surface area contributed by atoms with Gasteiger partial charge in [0.05, 0.1) is 20.1 Å². The van der Waals surface area contributed by atoms with Gasteiger partial charge in [-0.25, -0.2) is 0 Å². The molecule has 0 spiro atoms. The van der Waals surface area contributed by atoms with Crippen LogP contribution in [0.5, 0.6) is 0 Å². The van der Waals surface area contributed by atoms with Crippen LogP contribution in [0.15, 0.2) is 110 Å². The SMILES string of the molecule is C=C1CC2C(CCc3ccc(C(C)(C)C)cc3-c3cc(-c4ccccc4)cc[n+]31)c1ccccc1-c1cc(C(C)C)c([Si](C)(C)C)c[n+]12. The number of aromatic nitrogens is 2. The Morgan fingerprint density at radius 2 is 1.52 bits per heavy atom. The molecule has 48 heavy (non-hydrogen) atoms. The molecule has 0 saturated heterocycles. The van der Waals surface area contributed by atoms with Gasteiger partial charge in [-0.1, -0.05) is 115 Å². The van der Waals surface area contributed by atoms with E-state index in [2.05, 4.69) is 167 Å². The third-order valence-electron chi connectivity index (χ3n) is 10.9. The Kier molecular flexibility index (Phi) is 8.19. The second-order valence-corrected chi connectivity index (χ2v) is 21.6. The van der Waals surface area contributed by atoms with Crippen molar-refractivity contribution in [3.63, 3.8) is 0 Å². The van der Waals surface area contributed by atoms with Crippen molar-refractivity contribution in [2.45, 2.75) is 96.8 Å². The maximum absolute atomic E-state index is 4.87. The van der Waals surface area contributed by atoms with Crippen molar-refractivity contribution in [3.8, 4) is 33.6 Å². The zero-order valence-corrected chi connectivity index (χ0v) is 31.3. The number of pyridine rings is 2. The van der Waals surface area contributed by atoms with E-state index in [9.17, 15) is 0 Å². The fourth-order valence-corrected chi connectivity index (χ4v) is 9.92. The van der Waals surface area contributed by atoms with Crippen LogP contribution in [0.4, 0.5) is 0 Å². The Balaban J connectivity index is 1.46. The number of hydrogen-bond acceptors (Lipinski definition) is 0. The number of aryl methyl sites for hydroxylation is 1. The van der Waals surface area contributed by atoms with Crippen LogP contribution in [0.25, 0.3) is 39.3 Å². The minimum Gasteiger partial charge on any atom is -0.194 e. The summed E-state index contributed by atoms with van der Waals surface area (Å²) < 4.78 is 5.09. The molecule has 2 aromatic heterocycles. The van der Waals surface area contributed by atoms with Crippen LogP contribution in [0, 0.1) is 0 Å². The zero-order valence-electron chi connectivity index (χ0n) is 30.3. The quantitative estimate of drug-likeness (QED) is 0.136. The fraction of sp³-hybridized carbons (Fsp3) is 0.333. The van der Waals surface area contributed by atoms with Gasteiger partial charge in [0.2, 0.25) is 11.4 Å². The van der Waals surface area contributed by atoms with Crippen LogP contribution in [0.2, 0.25) is 19.6 Å². The van der Waals surface area contributed by atoms with Crippen LogP contribution < -0.4 is 14.3 Å². The maximum atomic E-state index is 4.87. The van der Waals surface area contributed by atoms with Gasteiger partial charge >= 0.3 is 0 Å². The molecule has 0 saturated carbocycles. The molecule has 2 atom stereocenters. The van der Waals surface area contributed by atoms with Gasteiger partial charge in [-0.05, 0) is 76.3 Å². The van der Waals surface area contributed by atoms with Crippen molar-refractivity contribution in [1.82, 2.24) is 0 Å². The van der Waals surface area contributed by atoms with Gasteiger partial charge in [-0.2, -0.15) is 9.13 Å². The van der Waals surface area contributed by atoms with Crippen molar-refractivity contribution in [2.24, 2.45) is 0 Å². The van der Waals surface area contributed by atoms with E-state index in [-0.39, 0.29) is 11.5 Å². The lowest BCUT2D eigenvalue weighted by Crippen LogP contribution is -2.54. The molecule has 0 radical (unpaired) electrons. The molecule has 0 N–H and O–H groups in total. The highest BCUT2D eigenvalue weighted by atomic mass is 28.3. The molecule has 2 aliphatic rings. The highest BCUT2D eigenvalue weighted by Gasteiger charge is 2.44. The molecular formula is C45H52N2Si+2. The summed E-state index contributed by atoms with van der Waals surface area (Å²) >= 11 is 0. The topological polar surface area (TPSA) is 7.76 Å². The molecule has 0 bridgehead atoms. The Morgan fingerprint density at radius 3 is 2.23 bits per heavy atom. The van der Waals surface area contributed by atoms with Crippen LogP contribution >= 0.6 is 0 Å². The smallest absolute Gasteiger partial charge is 0.194 e. The molecule has 4 heterocycles. The first-order chi connectivity index (χ1) is 22.8. The van der Waals surface area contributed by atoms with E-state index in [0.717, 1.165) is 25.0 Å². The summed E-state index contributed by atoms with van der Waals surface area (Å²) in [4.78, 5) is 0. The Labute approximate surface area is 289 Å². The van der Waals surface area contributed by atoms with Crippen molar-refractivity contribution >= 4 is 19.0 Å². The van der Waals surface area contributed by atoms with E-state index in [1.54, 1.807) is 5.19 Å². The van der Waals surface area contributed by atoms with E-state index >= 15 is 0 Å². The standard InChI is InChI=1S/C45H52N2Si/c1-30(2)39-28-43-37-18-14-13-17-36(37)38-22-20-33-19-21-35(45(4,5)6)27-40(33)42-26-34(32-15-11-10-12-16-32)23-24-46(42)31(3)25-41(38)47(43)29-44(39)48(7,8)9/h10-19,21,23-24,26-30,38,41H,3,20,22,25H2,1-2,4-9H3/q+2. The summed E-state index contributed by atoms with van der Waals surface area (Å²) in [7, 11) is -1.62. The molecule has 3 aromatic carbocycles. The highest BCUT2D eigenvalue weighted by Crippen LogP contribution is 2.45. The first-order valence-corrected chi connectivity index (χ1v) is 21.4. The first-order valence-electron chi connectivity index (χ1n) is 17.9. The highest BCUT2D eigenvalue weighted by molar-refractivity contribution is 6.89. The number of fused-ring (bicyclic) bond motifs is 9. The zero-order chi connectivity index (χ0) is 34.0. The van der Waals surface area contributed by atoms with Gasteiger partial charge in [-0.3, -0.25) is 0 Å². The molecule has 2 nitrogen and oxygen atoms in total. The second-order valence-electron chi connectivity index (χ2n) is 16.6. The van der Waals surface area contributed by atoms with Gasteiger partial charge in [-0.15, -0.1) is 0 Å². The lowest BCUT2D eigenvalue weighted by molar-refractivity contribution is -0.719. The van der Waals surface area contributed by atoms with Gasteiger partial charge in [0.15, 0.2) is 24.1 Å². The van der Waals surface area contributed by atoms with Crippen LogP contribution in [-0.4, -0.2) is 8.07 Å². The van der Waals surface area contributed by atoms with Crippen molar-refractivity contribution in [1.29, 1.82) is 0 Å². The Hall–Kier alpha value is -4.08. The lowest BCUT2D eigenvalue weighted by Gasteiger charge is -2.33. The number of hydrogen-bond donors (Lipinski definition) is 0. The maximum Gasteiger partial charge on any atom is 0.218 e. The molecule has 0 aliphatic carbocycles. The normalized spacial score (nSPS) is 17.6. The molecular weight excluding hydrogens is 597 g/mol. The van der Waals surface area contributed by atoms with Crippen LogP contribution in [-0.2, 0) is 11.8 Å². The molecule has 3 heteroatoms. The molecule has 244 valence electrons. The van der Waals surface area contributed by atoms with Gasteiger partial charge in [0, 0.05) is 34.9 Å². The molecule has 0 fully saturated rings. The van der Waals surface area contributed by atoms with E-state index in [0.29, 0.717) is 11.8 Å². The van der Waals surface area contributed by atoms with Gasteiger partial charge in [0.25, 0.3) is 0 Å². The molecule has 0 amide bonds. The predicted octanol–water partition coefficient (Wildman–Crippen LogP) is 10.4. The van der Waals surface area contributed by atoms with E-state index < -0.39 is 8.07 Å². The summed E-state index contributed by atoms with van der Waals surface area (Å²) in [6.07, 6.45) is 7.87. The van der Waals surface area contributed by atoms with Crippen LogP contribution in [0.3, 0.4) is 0 Å². The Morgan fingerprint density at radius 1 is 0.792 bits per heavy atom. The minimum atomic E-state index is -1.62. The summed E-state index contributed by atoms with van der Waals surface area (Å²) in [6, 6.07) is 34.8. The monoisotopic (exact) mass is 648 g/mol. The number of benzene rings is 3. The summed E-state index contributed by atoms with van der Waals surface area (Å²) in [5, 5.41) is 1.59. The number of rotatable bonds is 3. The van der Waals surface area contributed by atoms with Gasteiger partial charge in [0.1, 0.15) is 0 Å². The average molecular weight is 649 g/mol. The largest absolute Gasteiger partial charge is 0.218 e. The van der Waals surface area contributed by atoms with E-state index in [4.69, 9.17) is 6.58 Å². The molecule has 7 rings (SSSR count). The van der Waals surface area contributed by atoms with Crippen molar-refractivity contribution in [3.05, 3.63) is 132 Å². The number of allylic oxidation sites excluding steroid dienone is 1. The summed E-state index contributed by atoms with van der Waals surface area (Å²) in [6.45, 7) is 24.1. The average Bonchev–Trinajstić information content (AvgIpc) is 3.06. The van der Waals surface area contributed by atoms with Gasteiger partial charge < -0.3 is 0 Å². The number of nitrogens with zero attached hydrogens (tertiary/aromatic N) is 2. The molecule has 2 unspecified atom stereocenters. The third-order valence-corrected chi connectivity index (χ3v) is 12.9. The minimum absolute atomic E-state index is 0.0555. The van der Waals surface area contributed by atoms with E-state index in [1.807, 2.05) is 0 Å². The molecule has 5 aromatic rings. The third kappa shape index (κ3) is 5.81. The predicted molar refractivity (Wildman–Crippen MR) is 205 cm³/mol. The lowest BCUT2D eigenvalue weighted by atomic mass is 9.76. The summed E-state index contributed by atoms with van der Waals surface area (Å²) in [5.74, 6) is 0.868. The molecule has 2 aliphatic heterocycles. The van der Waals surface area contributed by atoms with E-state index in [1.165, 1.54) is 55.9 Å². The first kappa shape index (κ1) is 32.5. The van der Waals surface area contributed by atoms with Crippen molar-refractivity contribution in [2.75, 3.05) is 0 Å². The summed E-state index contributed by atoms with van der Waals surface area (Å²) in [5.41, 5.74) is 14.8. The van der Waals surface area contributed by atoms with Crippen molar-refractivity contribution < 1.29 is 9.13 Å².